The highest BCUT2D eigenvalue weighted by Gasteiger charge is 2.42. The van der Waals surface area contributed by atoms with Crippen LogP contribution in [0.4, 0.5) is 0 Å². The first-order valence-corrected chi connectivity index (χ1v) is 8.47. The topological polar surface area (TPSA) is 61.6 Å². The van der Waals surface area contributed by atoms with Crippen LogP contribution in [0.25, 0.3) is 0 Å². The van der Waals surface area contributed by atoms with Gasteiger partial charge in [0, 0.05) is 6.42 Å². The third-order valence-electron chi connectivity index (χ3n) is 5.25. The summed E-state index contributed by atoms with van der Waals surface area (Å²) >= 11 is 0. The fourth-order valence-electron chi connectivity index (χ4n) is 3.77. The maximum Gasteiger partial charge on any atom is 0.188 e. The first-order chi connectivity index (χ1) is 11.1. The van der Waals surface area contributed by atoms with Crippen molar-refractivity contribution in [3.63, 3.8) is 0 Å². The van der Waals surface area contributed by atoms with E-state index >= 15 is 0 Å². The Labute approximate surface area is 136 Å². The van der Waals surface area contributed by atoms with Crippen molar-refractivity contribution in [3.8, 4) is 0 Å². The zero-order valence-electron chi connectivity index (χ0n) is 13.6. The van der Waals surface area contributed by atoms with Gasteiger partial charge in [-0.1, -0.05) is 6.58 Å². The third-order valence-corrected chi connectivity index (χ3v) is 5.25. The van der Waals surface area contributed by atoms with Gasteiger partial charge in [-0.15, -0.1) is 0 Å². The first kappa shape index (κ1) is 15.4. The van der Waals surface area contributed by atoms with Gasteiger partial charge in [-0.05, 0) is 43.4 Å². The minimum absolute atomic E-state index is 0.229. The molecule has 4 rings (SSSR count). The molecule has 6 nitrogen and oxygen atoms in total. The normalized spacial score (nSPS) is 33.5. The lowest BCUT2D eigenvalue weighted by molar-refractivity contribution is -0.131. The number of azo groups is 1. The average Bonchev–Trinajstić information content (AvgIpc) is 3.33. The number of fused-ring (bicyclic) bond motifs is 2. The molecule has 0 aromatic carbocycles. The zero-order chi connectivity index (χ0) is 15.9. The van der Waals surface area contributed by atoms with Crippen molar-refractivity contribution >= 4 is 0 Å². The van der Waals surface area contributed by atoms with Gasteiger partial charge in [0.15, 0.2) is 11.6 Å². The Balaban J connectivity index is 1.46. The average molecular weight is 320 g/mol. The van der Waals surface area contributed by atoms with Crippen LogP contribution < -0.4 is 0 Å². The Hall–Kier alpha value is -1.08. The quantitative estimate of drug-likeness (QED) is 0.731. The van der Waals surface area contributed by atoms with Crippen LogP contribution in [0, 0.1) is 0 Å². The summed E-state index contributed by atoms with van der Waals surface area (Å²) in [5.41, 5.74) is 2.19. The van der Waals surface area contributed by atoms with E-state index in [0.717, 1.165) is 24.8 Å². The minimum atomic E-state index is -0.677. The van der Waals surface area contributed by atoms with Gasteiger partial charge >= 0.3 is 0 Å². The van der Waals surface area contributed by atoms with Gasteiger partial charge in [-0.2, -0.15) is 10.2 Å². The van der Waals surface area contributed by atoms with E-state index in [2.05, 4.69) is 22.9 Å². The van der Waals surface area contributed by atoms with Crippen molar-refractivity contribution in [1.29, 1.82) is 0 Å². The van der Waals surface area contributed by atoms with Crippen molar-refractivity contribution in [1.82, 2.24) is 0 Å². The predicted octanol–water partition coefficient (Wildman–Crippen LogP) is 2.75. The second kappa shape index (κ2) is 5.77. The van der Waals surface area contributed by atoms with Gasteiger partial charge in [-0.25, -0.2) is 0 Å². The van der Waals surface area contributed by atoms with E-state index in [1.807, 2.05) is 6.92 Å². The Morgan fingerprint density at radius 1 is 1.09 bits per heavy atom. The van der Waals surface area contributed by atoms with Gasteiger partial charge < -0.3 is 18.9 Å². The minimum Gasteiger partial charge on any atom is -0.344 e. The fraction of sp³-hybridized carbons (Fsp3) is 0.765. The van der Waals surface area contributed by atoms with E-state index in [9.17, 15) is 0 Å². The lowest BCUT2D eigenvalue weighted by Crippen LogP contribution is -2.32. The maximum atomic E-state index is 5.97. The molecular formula is C17H24N2O4. The summed E-state index contributed by atoms with van der Waals surface area (Å²) < 4.78 is 23.3. The molecule has 6 heteroatoms. The summed E-state index contributed by atoms with van der Waals surface area (Å²) in [5.74, 6) is -1.35. The number of hydrogen-bond acceptors (Lipinski definition) is 6. The lowest BCUT2D eigenvalue weighted by atomic mass is 9.97. The van der Waals surface area contributed by atoms with Gasteiger partial charge in [0.05, 0.1) is 38.5 Å². The molecule has 126 valence electrons. The van der Waals surface area contributed by atoms with E-state index in [1.54, 1.807) is 0 Å². The van der Waals surface area contributed by atoms with Crippen LogP contribution in [0.15, 0.2) is 34.0 Å². The van der Waals surface area contributed by atoms with E-state index in [-0.39, 0.29) is 12.1 Å². The second-order valence-corrected chi connectivity index (χ2v) is 6.74. The van der Waals surface area contributed by atoms with Gasteiger partial charge in [0.2, 0.25) is 0 Å². The van der Waals surface area contributed by atoms with Crippen molar-refractivity contribution in [2.24, 2.45) is 10.2 Å². The van der Waals surface area contributed by atoms with Crippen LogP contribution in [0.5, 0.6) is 0 Å². The van der Waals surface area contributed by atoms with E-state index in [0.29, 0.717) is 32.8 Å². The summed E-state index contributed by atoms with van der Waals surface area (Å²) in [6.07, 6.45) is 5.74. The molecule has 2 atom stereocenters. The molecule has 0 spiro atoms. The number of hydrogen-bond donors (Lipinski definition) is 0. The molecule has 3 heterocycles. The fourth-order valence-corrected chi connectivity index (χ4v) is 3.77. The number of ether oxygens (including phenoxy) is 4. The predicted molar refractivity (Wildman–Crippen MR) is 83.1 cm³/mol. The first-order valence-electron chi connectivity index (χ1n) is 8.47. The molecule has 3 fully saturated rings. The second-order valence-electron chi connectivity index (χ2n) is 6.74. The van der Waals surface area contributed by atoms with Crippen molar-refractivity contribution < 1.29 is 18.9 Å². The third kappa shape index (κ3) is 2.78. The molecule has 0 N–H and O–H groups in total. The summed E-state index contributed by atoms with van der Waals surface area (Å²) in [4.78, 5) is 0. The Morgan fingerprint density at radius 2 is 1.65 bits per heavy atom. The van der Waals surface area contributed by atoms with E-state index in [1.165, 1.54) is 5.57 Å². The highest BCUT2D eigenvalue weighted by molar-refractivity contribution is 5.29. The Bertz CT molecular complexity index is 529. The summed E-state index contributed by atoms with van der Waals surface area (Å²) in [5, 5.41) is 8.63. The summed E-state index contributed by atoms with van der Waals surface area (Å²) in [6, 6.07) is 0.457. The monoisotopic (exact) mass is 320 g/mol. The molecule has 0 aromatic rings. The molecule has 1 aliphatic carbocycles. The standard InChI is InChI=1S/C17H24N2O4/c1-12(16(2)20-7-8-21-16)5-6-17(22-9-10-23-17)11-13-14-3-4-15(13)19-18-14/h11,14-15H,1,3-10H2,2H3. The molecule has 0 amide bonds. The molecule has 0 radical (unpaired) electrons. The van der Waals surface area contributed by atoms with Gasteiger partial charge in [-0.3, -0.25) is 0 Å². The van der Waals surface area contributed by atoms with Crippen LogP contribution in [0.2, 0.25) is 0 Å². The Kier molecular flexibility index (Phi) is 3.88. The van der Waals surface area contributed by atoms with Crippen LogP contribution in [-0.2, 0) is 18.9 Å². The van der Waals surface area contributed by atoms with Crippen LogP contribution in [0.3, 0.4) is 0 Å². The van der Waals surface area contributed by atoms with Crippen LogP contribution in [-0.4, -0.2) is 50.1 Å². The molecule has 0 aromatic heterocycles. The highest BCUT2D eigenvalue weighted by Crippen LogP contribution is 2.41. The molecule has 2 saturated heterocycles. The van der Waals surface area contributed by atoms with Crippen molar-refractivity contribution in [3.05, 3.63) is 23.8 Å². The van der Waals surface area contributed by atoms with E-state index in [4.69, 9.17) is 18.9 Å². The molecule has 4 aliphatic rings. The number of nitrogens with zero attached hydrogens (tertiary/aromatic N) is 2. The van der Waals surface area contributed by atoms with Crippen LogP contribution >= 0.6 is 0 Å². The molecular weight excluding hydrogens is 296 g/mol. The lowest BCUT2D eigenvalue weighted by Gasteiger charge is -2.29. The van der Waals surface area contributed by atoms with Crippen molar-refractivity contribution in [2.75, 3.05) is 26.4 Å². The SMILES string of the molecule is C=C(CCC1(C=C2C3CCC2N=N3)OCCO1)C1(C)OCCO1. The molecule has 23 heavy (non-hydrogen) atoms. The maximum absolute atomic E-state index is 5.97. The molecule has 2 unspecified atom stereocenters. The smallest absolute Gasteiger partial charge is 0.188 e. The number of rotatable bonds is 5. The summed E-state index contributed by atoms with van der Waals surface area (Å²) in [7, 11) is 0. The van der Waals surface area contributed by atoms with Crippen molar-refractivity contribution in [2.45, 2.75) is 56.3 Å². The highest BCUT2D eigenvalue weighted by atomic mass is 16.7. The van der Waals surface area contributed by atoms with E-state index < -0.39 is 11.6 Å². The zero-order valence-corrected chi connectivity index (χ0v) is 13.6. The van der Waals surface area contributed by atoms with Crippen LogP contribution in [0.1, 0.15) is 32.6 Å². The largest absolute Gasteiger partial charge is 0.344 e. The molecule has 1 saturated carbocycles. The Morgan fingerprint density at radius 3 is 2.22 bits per heavy atom. The molecule has 2 bridgehead atoms. The van der Waals surface area contributed by atoms with Gasteiger partial charge in [0.25, 0.3) is 0 Å². The molecule has 3 aliphatic heterocycles. The summed E-state index contributed by atoms with van der Waals surface area (Å²) in [6.45, 7) is 8.55. The van der Waals surface area contributed by atoms with Gasteiger partial charge in [0.1, 0.15) is 0 Å².